The lowest BCUT2D eigenvalue weighted by Crippen LogP contribution is -2.25. The molecule has 3 aromatic heterocycles. The van der Waals surface area contributed by atoms with Crippen molar-refractivity contribution in [2.24, 2.45) is 5.92 Å². The van der Waals surface area contributed by atoms with Crippen LogP contribution >= 0.6 is 0 Å². The topological polar surface area (TPSA) is 60.5 Å². The van der Waals surface area contributed by atoms with Gasteiger partial charge in [-0.3, -0.25) is 9.58 Å². The Balaban J connectivity index is 1.24. The molecule has 7 heteroatoms. The lowest BCUT2D eigenvalue weighted by molar-refractivity contribution is 0.238. The van der Waals surface area contributed by atoms with Crippen LogP contribution in [0.3, 0.4) is 0 Å². The molecule has 0 spiro atoms. The molecule has 0 saturated carbocycles. The van der Waals surface area contributed by atoms with Crippen molar-refractivity contribution >= 4 is 5.65 Å². The minimum Gasteiger partial charge on any atom is -0.492 e. The van der Waals surface area contributed by atoms with Gasteiger partial charge in [0.05, 0.1) is 11.9 Å². The molecule has 5 rings (SSSR count). The first-order valence-corrected chi connectivity index (χ1v) is 12.5. The molecule has 0 aliphatic carbocycles. The molecule has 1 saturated heterocycles. The van der Waals surface area contributed by atoms with E-state index in [1.165, 1.54) is 31.5 Å². The maximum absolute atomic E-state index is 5.93. The maximum atomic E-state index is 5.93. The van der Waals surface area contributed by atoms with Gasteiger partial charge in [-0.15, -0.1) is 0 Å². The van der Waals surface area contributed by atoms with Crippen LogP contribution in [0.1, 0.15) is 44.5 Å². The predicted octanol–water partition coefficient (Wildman–Crippen LogP) is 4.70. The molecule has 34 heavy (non-hydrogen) atoms. The van der Waals surface area contributed by atoms with Gasteiger partial charge in [-0.05, 0) is 68.1 Å². The molecule has 0 amide bonds. The normalized spacial score (nSPS) is 14.4. The van der Waals surface area contributed by atoms with Crippen molar-refractivity contribution in [1.82, 2.24) is 29.3 Å². The smallest absolute Gasteiger partial charge is 0.156 e. The third kappa shape index (κ3) is 5.47. The minimum absolute atomic E-state index is 0.657. The molecule has 0 bridgehead atoms. The van der Waals surface area contributed by atoms with Crippen molar-refractivity contribution < 1.29 is 4.74 Å². The summed E-state index contributed by atoms with van der Waals surface area (Å²) in [5.74, 6) is 2.38. The van der Waals surface area contributed by atoms with Crippen molar-refractivity contribution in [2.75, 3.05) is 26.2 Å². The van der Waals surface area contributed by atoms with Gasteiger partial charge in [0, 0.05) is 31.3 Å². The summed E-state index contributed by atoms with van der Waals surface area (Å²) in [5, 5.41) is 9.35. The zero-order valence-electron chi connectivity index (χ0n) is 20.2. The van der Waals surface area contributed by atoms with Gasteiger partial charge in [0.25, 0.3) is 0 Å². The van der Waals surface area contributed by atoms with E-state index in [-0.39, 0.29) is 0 Å². The van der Waals surface area contributed by atoms with Gasteiger partial charge >= 0.3 is 0 Å². The van der Waals surface area contributed by atoms with Gasteiger partial charge in [-0.1, -0.05) is 32.0 Å². The van der Waals surface area contributed by atoms with E-state index in [0.29, 0.717) is 12.3 Å². The Bertz CT molecular complexity index is 1200. The summed E-state index contributed by atoms with van der Waals surface area (Å²) in [4.78, 5) is 7.23. The Labute approximate surface area is 201 Å². The number of hydrogen-bond donors (Lipinski definition) is 0. The van der Waals surface area contributed by atoms with E-state index in [1.54, 1.807) is 0 Å². The highest BCUT2D eigenvalue weighted by Gasteiger charge is 2.12. The molecule has 1 aliphatic rings. The first-order valence-electron chi connectivity index (χ1n) is 12.5. The van der Waals surface area contributed by atoms with Gasteiger partial charge in [-0.25, -0.2) is 9.50 Å². The van der Waals surface area contributed by atoms with E-state index in [9.17, 15) is 0 Å². The number of hydrogen-bond acceptors (Lipinski definition) is 5. The van der Waals surface area contributed by atoms with E-state index in [0.717, 1.165) is 54.6 Å². The van der Waals surface area contributed by atoms with Crippen molar-refractivity contribution in [1.29, 1.82) is 0 Å². The number of nitrogens with zero attached hydrogens (tertiary/aromatic N) is 6. The Morgan fingerprint density at radius 2 is 1.82 bits per heavy atom. The molecule has 4 heterocycles. The SMILES string of the molecule is CC(C)CCn1cc(-c2cccc3nc(Cc4ccc(OCCN5CCCC5)cc4)nn23)cn1. The molecule has 178 valence electrons. The van der Waals surface area contributed by atoms with Crippen LogP contribution in [0.4, 0.5) is 0 Å². The highest BCUT2D eigenvalue weighted by Crippen LogP contribution is 2.21. The summed E-state index contributed by atoms with van der Waals surface area (Å²) >= 11 is 0. The van der Waals surface area contributed by atoms with Gasteiger partial charge in [0.15, 0.2) is 11.5 Å². The van der Waals surface area contributed by atoms with E-state index in [2.05, 4.69) is 48.2 Å². The molecule has 0 unspecified atom stereocenters. The quantitative estimate of drug-likeness (QED) is 0.345. The Kier molecular flexibility index (Phi) is 6.90. The largest absolute Gasteiger partial charge is 0.492 e. The third-order valence-corrected chi connectivity index (χ3v) is 6.43. The first kappa shape index (κ1) is 22.6. The highest BCUT2D eigenvalue weighted by molar-refractivity contribution is 5.61. The van der Waals surface area contributed by atoms with Gasteiger partial charge in [0.2, 0.25) is 0 Å². The molecule has 1 aromatic carbocycles. The first-order chi connectivity index (χ1) is 16.6. The molecule has 1 fully saturated rings. The number of ether oxygens (including phenoxy) is 1. The number of aryl methyl sites for hydroxylation is 1. The summed E-state index contributed by atoms with van der Waals surface area (Å²) in [6, 6.07) is 14.4. The number of fused-ring (bicyclic) bond motifs is 1. The molecule has 0 radical (unpaired) electrons. The zero-order chi connectivity index (χ0) is 23.3. The van der Waals surface area contributed by atoms with Crippen molar-refractivity contribution in [2.45, 2.75) is 46.1 Å². The Morgan fingerprint density at radius 1 is 1.00 bits per heavy atom. The second-order valence-corrected chi connectivity index (χ2v) is 9.60. The Hall–Kier alpha value is -3.19. The summed E-state index contributed by atoms with van der Waals surface area (Å²) in [6.45, 7) is 9.55. The van der Waals surface area contributed by atoms with E-state index < -0.39 is 0 Å². The lowest BCUT2D eigenvalue weighted by Gasteiger charge is -2.14. The van der Waals surface area contributed by atoms with Crippen LogP contribution in [0, 0.1) is 5.92 Å². The molecule has 0 atom stereocenters. The van der Waals surface area contributed by atoms with Crippen LogP contribution in [0.2, 0.25) is 0 Å². The van der Waals surface area contributed by atoms with Crippen LogP contribution in [0.25, 0.3) is 16.9 Å². The van der Waals surface area contributed by atoms with Gasteiger partial charge < -0.3 is 4.74 Å². The van der Waals surface area contributed by atoms with Crippen LogP contribution in [-0.2, 0) is 13.0 Å². The van der Waals surface area contributed by atoms with Crippen molar-refractivity contribution in [3.05, 3.63) is 66.2 Å². The monoisotopic (exact) mass is 458 g/mol. The fourth-order valence-electron chi connectivity index (χ4n) is 4.44. The second-order valence-electron chi connectivity index (χ2n) is 9.60. The fourth-order valence-corrected chi connectivity index (χ4v) is 4.44. The summed E-state index contributed by atoms with van der Waals surface area (Å²) in [7, 11) is 0. The van der Waals surface area contributed by atoms with Gasteiger partial charge in [0.1, 0.15) is 12.4 Å². The van der Waals surface area contributed by atoms with Crippen LogP contribution in [0.15, 0.2) is 54.9 Å². The maximum Gasteiger partial charge on any atom is 0.156 e. The number of pyridine rings is 1. The van der Waals surface area contributed by atoms with E-state index in [4.69, 9.17) is 14.8 Å². The van der Waals surface area contributed by atoms with Gasteiger partial charge in [-0.2, -0.15) is 10.2 Å². The Morgan fingerprint density at radius 3 is 2.62 bits per heavy atom. The molecular formula is C27H34N6O. The zero-order valence-corrected chi connectivity index (χ0v) is 20.2. The average Bonchev–Trinajstić information content (AvgIpc) is 3.59. The minimum atomic E-state index is 0.657. The van der Waals surface area contributed by atoms with Crippen LogP contribution < -0.4 is 4.74 Å². The summed E-state index contributed by atoms with van der Waals surface area (Å²) in [5.41, 5.74) is 4.09. The summed E-state index contributed by atoms with van der Waals surface area (Å²) in [6.07, 6.45) is 8.44. The molecule has 1 aliphatic heterocycles. The van der Waals surface area contributed by atoms with Crippen LogP contribution in [-0.4, -0.2) is 55.5 Å². The average molecular weight is 459 g/mol. The fraction of sp³-hybridized carbons (Fsp3) is 0.444. The second kappa shape index (κ2) is 10.4. The lowest BCUT2D eigenvalue weighted by atomic mass is 10.1. The van der Waals surface area contributed by atoms with Crippen molar-refractivity contribution in [3.63, 3.8) is 0 Å². The third-order valence-electron chi connectivity index (χ3n) is 6.43. The number of rotatable bonds is 10. The van der Waals surface area contributed by atoms with Crippen LogP contribution in [0.5, 0.6) is 5.75 Å². The standard InChI is InChI=1S/C27H34N6O/c1-21(2)12-15-32-20-23(19-28-32)25-6-5-7-27-29-26(30-33(25)27)18-22-8-10-24(11-9-22)34-17-16-31-13-3-4-14-31/h5-11,19-21H,3-4,12-18H2,1-2H3. The predicted molar refractivity (Wildman–Crippen MR) is 134 cm³/mol. The number of aromatic nitrogens is 5. The molecule has 4 aromatic rings. The molecule has 0 N–H and O–H groups in total. The van der Waals surface area contributed by atoms with E-state index >= 15 is 0 Å². The molecular weight excluding hydrogens is 424 g/mol. The molecule has 7 nitrogen and oxygen atoms in total. The van der Waals surface area contributed by atoms with E-state index in [1.807, 2.05) is 39.7 Å². The highest BCUT2D eigenvalue weighted by atomic mass is 16.5. The number of benzene rings is 1. The summed E-state index contributed by atoms with van der Waals surface area (Å²) < 4.78 is 9.87. The number of likely N-dealkylation sites (tertiary alicyclic amines) is 1. The van der Waals surface area contributed by atoms with Crippen molar-refractivity contribution in [3.8, 4) is 17.0 Å².